The highest BCUT2D eigenvalue weighted by molar-refractivity contribution is 5.07. The molecule has 2 rings (SSSR count). The van der Waals surface area contributed by atoms with Crippen molar-refractivity contribution in [3.05, 3.63) is 29.7 Å². The average molecular weight is 178 g/mol. The van der Waals surface area contributed by atoms with Crippen LogP contribution in [0.2, 0.25) is 0 Å². The van der Waals surface area contributed by atoms with Crippen LogP contribution in [0.4, 0.5) is 0 Å². The molecule has 5 nitrogen and oxygen atoms in total. The smallest absolute Gasteiger partial charge is 0.223 e. The predicted octanol–water partition coefficient (Wildman–Crippen LogP) is 0.702. The number of aryl methyl sites for hydroxylation is 2. The van der Waals surface area contributed by atoms with Crippen molar-refractivity contribution in [3.8, 4) is 0 Å². The summed E-state index contributed by atoms with van der Waals surface area (Å²) in [5.41, 5.74) is 1.07. The number of hydrogen-bond donors (Lipinski definition) is 0. The maximum atomic E-state index is 4.86. The lowest BCUT2D eigenvalue weighted by Gasteiger charge is -1.95. The molecule has 0 fully saturated rings. The molecule has 0 saturated carbocycles. The number of hydrogen-bond acceptors (Lipinski definition) is 4. The largest absolute Gasteiger partial charge is 0.340 e. The van der Waals surface area contributed by atoms with E-state index < -0.39 is 0 Å². The van der Waals surface area contributed by atoms with Crippen molar-refractivity contribution in [2.45, 2.75) is 13.3 Å². The fraction of sp³-hybridized carbons (Fsp3) is 0.375. The summed E-state index contributed by atoms with van der Waals surface area (Å²) in [5, 5.41) is 7.85. The molecule has 0 saturated heterocycles. The SMILES string of the molecule is Cc1nc(Cc2ccnn2C)no1. The fourth-order valence-corrected chi connectivity index (χ4v) is 1.15. The molecule has 0 N–H and O–H groups in total. The van der Waals surface area contributed by atoms with Crippen LogP contribution in [0, 0.1) is 6.92 Å². The summed E-state index contributed by atoms with van der Waals surface area (Å²) < 4.78 is 6.66. The Bertz CT molecular complexity index is 404. The van der Waals surface area contributed by atoms with E-state index in [4.69, 9.17) is 4.52 Å². The Morgan fingerprint density at radius 3 is 2.92 bits per heavy atom. The van der Waals surface area contributed by atoms with Crippen molar-refractivity contribution in [1.82, 2.24) is 19.9 Å². The quantitative estimate of drug-likeness (QED) is 0.679. The van der Waals surface area contributed by atoms with Gasteiger partial charge >= 0.3 is 0 Å². The summed E-state index contributed by atoms with van der Waals surface area (Å²) >= 11 is 0. The predicted molar refractivity (Wildman–Crippen MR) is 45.0 cm³/mol. The van der Waals surface area contributed by atoms with Crippen LogP contribution >= 0.6 is 0 Å². The van der Waals surface area contributed by atoms with Crippen LogP contribution in [0.15, 0.2) is 16.8 Å². The van der Waals surface area contributed by atoms with Gasteiger partial charge in [0.25, 0.3) is 0 Å². The highest BCUT2D eigenvalue weighted by Crippen LogP contribution is 2.04. The van der Waals surface area contributed by atoms with Gasteiger partial charge in [-0.05, 0) is 6.07 Å². The summed E-state index contributed by atoms with van der Waals surface area (Å²) in [7, 11) is 1.89. The van der Waals surface area contributed by atoms with Crippen molar-refractivity contribution in [1.29, 1.82) is 0 Å². The Morgan fingerprint density at radius 1 is 1.54 bits per heavy atom. The van der Waals surface area contributed by atoms with Crippen molar-refractivity contribution in [2.75, 3.05) is 0 Å². The van der Waals surface area contributed by atoms with E-state index in [1.54, 1.807) is 17.8 Å². The molecular weight excluding hydrogens is 168 g/mol. The summed E-state index contributed by atoms with van der Waals surface area (Å²) in [5.74, 6) is 1.29. The lowest BCUT2D eigenvalue weighted by Crippen LogP contribution is -2.00. The molecule has 2 heterocycles. The molecule has 0 aliphatic heterocycles. The van der Waals surface area contributed by atoms with E-state index in [-0.39, 0.29) is 0 Å². The Hall–Kier alpha value is -1.65. The third kappa shape index (κ3) is 1.58. The molecule has 68 valence electrons. The maximum Gasteiger partial charge on any atom is 0.223 e. The third-order valence-electron chi connectivity index (χ3n) is 1.83. The first-order valence-electron chi connectivity index (χ1n) is 4.02. The van der Waals surface area contributed by atoms with Crippen LogP contribution < -0.4 is 0 Å². The molecule has 0 radical (unpaired) electrons. The molecule has 0 aromatic carbocycles. The Kier molecular flexibility index (Phi) is 1.84. The van der Waals surface area contributed by atoms with Gasteiger partial charge in [0.15, 0.2) is 5.82 Å². The second-order valence-electron chi connectivity index (χ2n) is 2.85. The van der Waals surface area contributed by atoms with Crippen molar-refractivity contribution >= 4 is 0 Å². The van der Waals surface area contributed by atoms with Crippen molar-refractivity contribution in [3.63, 3.8) is 0 Å². The zero-order valence-electron chi connectivity index (χ0n) is 7.56. The van der Waals surface area contributed by atoms with Crippen LogP contribution in [-0.2, 0) is 13.5 Å². The highest BCUT2D eigenvalue weighted by Gasteiger charge is 2.05. The number of nitrogens with zero attached hydrogens (tertiary/aromatic N) is 4. The molecular formula is C8H10N4O. The van der Waals surface area contributed by atoms with Crippen molar-refractivity contribution < 1.29 is 4.52 Å². The normalized spacial score (nSPS) is 10.6. The molecule has 2 aromatic heterocycles. The summed E-state index contributed by atoms with van der Waals surface area (Å²) in [4.78, 5) is 4.11. The van der Waals surface area contributed by atoms with Gasteiger partial charge in [-0.2, -0.15) is 10.1 Å². The number of aromatic nitrogens is 4. The van der Waals surface area contributed by atoms with Gasteiger partial charge in [0.05, 0.1) is 6.42 Å². The average Bonchev–Trinajstić information content (AvgIpc) is 2.64. The van der Waals surface area contributed by atoms with E-state index in [1.807, 2.05) is 13.1 Å². The van der Waals surface area contributed by atoms with E-state index in [0.717, 1.165) is 5.69 Å². The van der Waals surface area contributed by atoms with Gasteiger partial charge in [0.1, 0.15) is 0 Å². The Labute approximate surface area is 75.4 Å². The molecule has 0 aliphatic rings. The lowest BCUT2D eigenvalue weighted by atomic mass is 10.3. The first-order valence-corrected chi connectivity index (χ1v) is 4.02. The number of rotatable bonds is 2. The fourth-order valence-electron chi connectivity index (χ4n) is 1.15. The van der Waals surface area contributed by atoms with Crippen LogP contribution in [-0.4, -0.2) is 19.9 Å². The molecule has 0 atom stereocenters. The zero-order chi connectivity index (χ0) is 9.26. The van der Waals surface area contributed by atoms with Gasteiger partial charge in [-0.3, -0.25) is 4.68 Å². The van der Waals surface area contributed by atoms with Gasteiger partial charge in [-0.1, -0.05) is 5.16 Å². The van der Waals surface area contributed by atoms with Crippen LogP contribution in [0.25, 0.3) is 0 Å². The zero-order valence-corrected chi connectivity index (χ0v) is 7.56. The molecule has 0 aliphatic carbocycles. The Balaban J connectivity index is 2.19. The summed E-state index contributed by atoms with van der Waals surface area (Å²) in [6.45, 7) is 1.78. The maximum absolute atomic E-state index is 4.86. The second-order valence-corrected chi connectivity index (χ2v) is 2.85. The first-order chi connectivity index (χ1) is 6.25. The minimum atomic E-state index is 0.595. The topological polar surface area (TPSA) is 56.7 Å². The van der Waals surface area contributed by atoms with E-state index in [0.29, 0.717) is 18.1 Å². The first kappa shape index (κ1) is 7.97. The van der Waals surface area contributed by atoms with Gasteiger partial charge in [-0.15, -0.1) is 0 Å². The standard InChI is InChI=1S/C8H10N4O/c1-6-10-8(11-13-6)5-7-3-4-9-12(7)2/h3-4H,5H2,1-2H3. The van der Waals surface area contributed by atoms with Gasteiger partial charge in [0.2, 0.25) is 5.89 Å². The van der Waals surface area contributed by atoms with Crippen LogP contribution in [0.1, 0.15) is 17.4 Å². The summed E-state index contributed by atoms with van der Waals surface area (Å²) in [6.07, 6.45) is 2.41. The summed E-state index contributed by atoms with van der Waals surface area (Å²) in [6, 6.07) is 1.94. The molecule has 0 unspecified atom stereocenters. The minimum absolute atomic E-state index is 0.595. The van der Waals surface area contributed by atoms with Gasteiger partial charge in [-0.25, -0.2) is 0 Å². The highest BCUT2D eigenvalue weighted by atomic mass is 16.5. The second kappa shape index (κ2) is 3.01. The molecule has 5 heteroatoms. The van der Waals surface area contributed by atoms with Crippen molar-refractivity contribution in [2.24, 2.45) is 7.05 Å². The van der Waals surface area contributed by atoms with E-state index in [2.05, 4.69) is 15.2 Å². The van der Waals surface area contributed by atoms with Crippen LogP contribution in [0.5, 0.6) is 0 Å². The van der Waals surface area contributed by atoms with E-state index in [1.165, 1.54) is 0 Å². The monoisotopic (exact) mass is 178 g/mol. The van der Waals surface area contributed by atoms with E-state index >= 15 is 0 Å². The molecule has 0 spiro atoms. The molecule has 13 heavy (non-hydrogen) atoms. The molecule has 0 amide bonds. The van der Waals surface area contributed by atoms with Gasteiger partial charge in [0, 0.05) is 25.9 Å². The van der Waals surface area contributed by atoms with E-state index in [9.17, 15) is 0 Å². The Morgan fingerprint density at radius 2 is 2.38 bits per heavy atom. The molecule has 2 aromatic rings. The van der Waals surface area contributed by atoms with Crippen LogP contribution in [0.3, 0.4) is 0 Å². The van der Waals surface area contributed by atoms with Gasteiger partial charge < -0.3 is 4.52 Å². The third-order valence-corrected chi connectivity index (χ3v) is 1.83. The molecule has 0 bridgehead atoms. The lowest BCUT2D eigenvalue weighted by molar-refractivity contribution is 0.388. The minimum Gasteiger partial charge on any atom is -0.340 e.